The number of carbonyl (C=O) groups excluding carboxylic acids is 1. The zero-order valence-corrected chi connectivity index (χ0v) is 17.3. The van der Waals surface area contributed by atoms with E-state index in [1.807, 2.05) is 37.3 Å². The predicted octanol–water partition coefficient (Wildman–Crippen LogP) is 3.33. The van der Waals surface area contributed by atoms with Crippen LogP contribution in [0.5, 0.6) is 0 Å². The van der Waals surface area contributed by atoms with Gasteiger partial charge >= 0.3 is 0 Å². The molecule has 1 N–H and O–H groups in total. The smallest absolute Gasteiger partial charge is 0.240 e. The van der Waals surface area contributed by atoms with Crippen LogP contribution in [0.2, 0.25) is 0 Å². The van der Waals surface area contributed by atoms with Crippen LogP contribution in [0.4, 0.5) is 5.13 Å². The third-order valence-corrected chi connectivity index (χ3v) is 6.62. The van der Waals surface area contributed by atoms with Gasteiger partial charge in [0.2, 0.25) is 5.91 Å². The summed E-state index contributed by atoms with van der Waals surface area (Å²) in [6.07, 6.45) is 3.07. The number of likely N-dealkylation sites (tertiary alicyclic amines) is 1. The van der Waals surface area contributed by atoms with Gasteiger partial charge in [0.05, 0.1) is 23.9 Å². The second-order valence-corrected chi connectivity index (χ2v) is 8.77. The zero-order valence-electron chi connectivity index (χ0n) is 16.4. The van der Waals surface area contributed by atoms with Gasteiger partial charge in [-0.15, -0.1) is 11.3 Å². The summed E-state index contributed by atoms with van der Waals surface area (Å²) < 4.78 is 11.7. The number of nitrogens with one attached hydrogen (secondary N) is 1. The Morgan fingerprint density at radius 1 is 1.39 bits per heavy atom. The minimum Gasteiger partial charge on any atom is -0.377 e. The molecule has 1 spiro atoms. The molecule has 0 radical (unpaired) electrons. The van der Waals surface area contributed by atoms with Crippen molar-refractivity contribution in [2.45, 2.75) is 37.9 Å². The summed E-state index contributed by atoms with van der Waals surface area (Å²) >= 11 is 1.51. The van der Waals surface area contributed by atoms with Gasteiger partial charge in [0.1, 0.15) is 0 Å². The van der Waals surface area contributed by atoms with E-state index in [9.17, 15) is 4.79 Å². The van der Waals surface area contributed by atoms with Crippen LogP contribution in [0.1, 0.15) is 24.1 Å². The summed E-state index contributed by atoms with van der Waals surface area (Å²) in [6.45, 7) is 4.75. The number of aryl methyl sites for hydroxylation is 1. The second-order valence-electron chi connectivity index (χ2n) is 7.56. The van der Waals surface area contributed by atoms with Crippen molar-refractivity contribution in [2.24, 2.45) is 0 Å². The normalized spacial score (nSPS) is 25.3. The standard InChI is InChI=1S/C21H27N3O3S/c1-15-19(16-7-4-3-5-8-16)23-20(28-15)22-18(25)14-24-11-10-21(9-6-12-27-21)17(13-24)26-2/h3-5,7-8,17H,6,9-14H2,1-2H3,(H,22,23,25)/t17-,21+/m1/s1. The summed E-state index contributed by atoms with van der Waals surface area (Å²) in [5.74, 6) is -0.0356. The van der Waals surface area contributed by atoms with E-state index < -0.39 is 0 Å². The average Bonchev–Trinajstić information content (AvgIpc) is 3.31. The van der Waals surface area contributed by atoms with E-state index in [0.29, 0.717) is 11.7 Å². The first kappa shape index (κ1) is 19.5. The molecule has 2 fully saturated rings. The third kappa shape index (κ3) is 3.98. The number of piperidine rings is 1. The van der Waals surface area contributed by atoms with Gasteiger partial charge in [-0.2, -0.15) is 0 Å². The van der Waals surface area contributed by atoms with Crippen molar-refractivity contribution in [1.82, 2.24) is 9.88 Å². The van der Waals surface area contributed by atoms with Gasteiger partial charge in [-0.05, 0) is 26.2 Å². The summed E-state index contributed by atoms with van der Waals surface area (Å²) in [4.78, 5) is 20.5. The van der Waals surface area contributed by atoms with E-state index in [1.165, 1.54) is 11.3 Å². The molecule has 1 amide bonds. The van der Waals surface area contributed by atoms with E-state index >= 15 is 0 Å². The molecular formula is C21H27N3O3S. The monoisotopic (exact) mass is 401 g/mol. The van der Waals surface area contributed by atoms with Gasteiger partial charge in [-0.3, -0.25) is 9.69 Å². The van der Waals surface area contributed by atoms with Gasteiger partial charge < -0.3 is 14.8 Å². The number of aromatic nitrogens is 1. The van der Waals surface area contributed by atoms with Gasteiger partial charge in [0.15, 0.2) is 5.13 Å². The number of rotatable bonds is 5. The van der Waals surface area contributed by atoms with Crippen LogP contribution < -0.4 is 5.32 Å². The van der Waals surface area contributed by atoms with Crippen LogP contribution >= 0.6 is 11.3 Å². The summed E-state index contributed by atoms with van der Waals surface area (Å²) in [7, 11) is 1.74. The van der Waals surface area contributed by atoms with Crippen LogP contribution in [-0.2, 0) is 14.3 Å². The van der Waals surface area contributed by atoms with Crippen molar-refractivity contribution >= 4 is 22.4 Å². The molecule has 150 valence electrons. The molecular weight excluding hydrogens is 374 g/mol. The summed E-state index contributed by atoms with van der Waals surface area (Å²) in [5, 5.41) is 3.62. The van der Waals surface area contributed by atoms with Crippen molar-refractivity contribution in [3.63, 3.8) is 0 Å². The highest BCUT2D eigenvalue weighted by molar-refractivity contribution is 7.16. The first-order valence-electron chi connectivity index (χ1n) is 9.81. The molecule has 1 aromatic heterocycles. The topological polar surface area (TPSA) is 63.7 Å². The molecule has 1 aromatic carbocycles. The Labute approximate surface area is 169 Å². The number of hydrogen-bond donors (Lipinski definition) is 1. The van der Waals surface area contributed by atoms with Crippen molar-refractivity contribution in [1.29, 1.82) is 0 Å². The lowest BCUT2D eigenvalue weighted by molar-refractivity contribution is -0.145. The van der Waals surface area contributed by atoms with E-state index in [4.69, 9.17) is 9.47 Å². The number of thiazole rings is 1. The molecule has 2 aliphatic rings. The minimum absolute atomic E-state index is 0.0170. The summed E-state index contributed by atoms with van der Waals surface area (Å²) in [6, 6.07) is 10.0. The highest BCUT2D eigenvalue weighted by Gasteiger charge is 2.46. The fourth-order valence-electron chi connectivity index (χ4n) is 4.28. The van der Waals surface area contributed by atoms with Crippen LogP contribution in [0.15, 0.2) is 30.3 Å². The Kier molecular flexibility index (Phi) is 5.78. The lowest BCUT2D eigenvalue weighted by atomic mass is 9.86. The Morgan fingerprint density at radius 2 is 2.21 bits per heavy atom. The van der Waals surface area contributed by atoms with Gasteiger partial charge in [0.25, 0.3) is 0 Å². The number of nitrogens with zero attached hydrogens (tertiary/aromatic N) is 2. The molecule has 28 heavy (non-hydrogen) atoms. The van der Waals surface area contributed by atoms with Crippen molar-refractivity contribution in [3.8, 4) is 11.3 Å². The van der Waals surface area contributed by atoms with E-state index in [1.54, 1.807) is 7.11 Å². The van der Waals surface area contributed by atoms with Gasteiger partial charge in [0, 0.05) is 37.2 Å². The largest absolute Gasteiger partial charge is 0.377 e. The van der Waals surface area contributed by atoms with Crippen LogP contribution in [0.3, 0.4) is 0 Å². The highest BCUT2D eigenvalue weighted by atomic mass is 32.1. The number of anilines is 1. The van der Waals surface area contributed by atoms with Crippen LogP contribution in [0, 0.1) is 6.92 Å². The first-order chi connectivity index (χ1) is 13.6. The number of amides is 1. The molecule has 3 heterocycles. The SMILES string of the molecule is CO[C@@H]1CN(CC(=O)Nc2nc(-c3ccccc3)c(C)s2)CC[C@@]12CCCO2. The molecule has 0 bridgehead atoms. The van der Waals surface area contributed by atoms with E-state index in [2.05, 4.69) is 15.2 Å². The van der Waals surface area contributed by atoms with Crippen LogP contribution in [0.25, 0.3) is 11.3 Å². The molecule has 7 heteroatoms. The number of ether oxygens (including phenoxy) is 2. The van der Waals surface area contributed by atoms with Gasteiger partial charge in [-0.25, -0.2) is 4.98 Å². The molecule has 2 aromatic rings. The van der Waals surface area contributed by atoms with E-state index in [-0.39, 0.29) is 17.6 Å². The minimum atomic E-state index is -0.154. The quantitative estimate of drug-likeness (QED) is 0.833. The molecule has 0 unspecified atom stereocenters. The fourth-order valence-corrected chi connectivity index (χ4v) is 5.13. The number of benzene rings is 1. The van der Waals surface area contributed by atoms with Crippen molar-refractivity contribution in [3.05, 3.63) is 35.2 Å². The Morgan fingerprint density at radius 3 is 2.93 bits per heavy atom. The maximum absolute atomic E-state index is 12.6. The van der Waals surface area contributed by atoms with Gasteiger partial charge in [-0.1, -0.05) is 30.3 Å². The number of carbonyl (C=O) groups is 1. The maximum Gasteiger partial charge on any atom is 0.240 e. The average molecular weight is 402 g/mol. The lowest BCUT2D eigenvalue weighted by Gasteiger charge is -2.44. The molecule has 6 nitrogen and oxygen atoms in total. The molecule has 4 rings (SSSR count). The Balaban J connectivity index is 1.36. The molecule has 2 atom stereocenters. The highest BCUT2D eigenvalue weighted by Crippen LogP contribution is 2.37. The first-order valence-corrected chi connectivity index (χ1v) is 10.6. The maximum atomic E-state index is 12.6. The molecule has 2 aliphatic heterocycles. The van der Waals surface area contributed by atoms with E-state index in [0.717, 1.165) is 55.1 Å². The fraction of sp³-hybridized carbons (Fsp3) is 0.524. The second kappa shape index (κ2) is 8.29. The van der Waals surface area contributed by atoms with Crippen LogP contribution in [-0.4, -0.2) is 60.8 Å². The molecule has 2 saturated heterocycles. The molecule has 0 saturated carbocycles. The van der Waals surface area contributed by atoms with Crippen molar-refractivity contribution in [2.75, 3.05) is 38.7 Å². The Hall–Kier alpha value is -1.80. The Bertz CT molecular complexity index is 818. The predicted molar refractivity (Wildman–Crippen MR) is 111 cm³/mol. The third-order valence-electron chi connectivity index (χ3n) is 5.74. The number of methoxy groups -OCH3 is 1. The van der Waals surface area contributed by atoms with Crippen molar-refractivity contribution < 1.29 is 14.3 Å². The lowest BCUT2D eigenvalue weighted by Crippen LogP contribution is -2.57. The molecule has 0 aliphatic carbocycles. The number of hydrogen-bond acceptors (Lipinski definition) is 6. The zero-order chi connectivity index (χ0) is 19.6. The summed E-state index contributed by atoms with van der Waals surface area (Å²) in [5.41, 5.74) is 1.84.